The van der Waals surface area contributed by atoms with Gasteiger partial charge in [0.1, 0.15) is 0 Å². The molecule has 1 heterocycles. The quantitative estimate of drug-likeness (QED) is 0.383. The van der Waals surface area contributed by atoms with Gasteiger partial charge in [0.2, 0.25) is 0 Å². The Morgan fingerprint density at radius 1 is 1.64 bits per heavy atom. The topological polar surface area (TPSA) is 72.2 Å². The van der Waals surface area contributed by atoms with E-state index in [2.05, 4.69) is 11.3 Å². The highest BCUT2D eigenvalue weighted by molar-refractivity contribution is 7.91. The first-order valence-corrected chi connectivity index (χ1v) is 6.51. The molecule has 0 bridgehead atoms. The molecule has 2 unspecified atom stereocenters. The lowest BCUT2D eigenvalue weighted by atomic mass is 9.96. The van der Waals surface area contributed by atoms with E-state index < -0.39 is 9.84 Å². The molecule has 0 aliphatic carbocycles. The molecule has 1 aliphatic rings. The largest absolute Gasteiger partial charge is 0.271 e. The van der Waals surface area contributed by atoms with E-state index in [0.29, 0.717) is 12.8 Å². The molecule has 1 rings (SSSR count). The van der Waals surface area contributed by atoms with Gasteiger partial charge in [-0.15, -0.1) is 12.3 Å². The highest BCUT2D eigenvalue weighted by Crippen LogP contribution is 2.23. The Hall–Kier alpha value is -0.570. The van der Waals surface area contributed by atoms with Crippen LogP contribution in [0, 0.1) is 18.3 Å². The summed E-state index contributed by atoms with van der Waals surface area (Å²) < 4.78 is 22.5. The number of hydrogen-bond donors (Lipinski definition) is 2. The maximum Gasteiger partial charge on any atom is 0.150 e. The molecule has 4 nitrogen and oxygen atoms in total. The highest BCUT2D eigenvalue weighted by Gasteiger charge is 2.32. The predicted molar refractivity (Wildman–Crippen MR) is 55.9 cm³/mol. The summed E-state index contributed by atoms with van der Waals surface area (Å²) in [6.07, 6.45) is 7.22. The van der Waals surface area contributed by atoms with Gasteiger partial charge in [-0.2, -0.15) is 0 Å². The number of hydrogen-bond acceptors (Lipinski definition) is 4. The molecule has 80 valence electrons. The van der Waals surface area contributed by atoms with E-state index in [-0.39, 0.29) is 23.5 Å². The van der Waals surface area contributed by atoms with E-state index in [1.807, 2.05) is 0 Å². The van der Waals surface area contributed by atoms with Crippen molar-refractivity contribution in [3.8, 4) is 12.3 Å². The van der Waals surface area contributed by atoms with Gasteiger partial charge in [0.05, 0.1) is 11.5 Å². The minimum absolute atomic E-state index is 0.0309. The Kier molecular flexibility index (Phi) is 3.93. The molecule has 3 N–H and O–H groups in total. The molecule has 0 aromatic heterocycles. The smallest absolute Gasteiger partial charge is 0.150 e. The van der Waals surface area contributed by atoms with E-state index in [1.165, 1.54) is 0 Å². The molecule has 14 heavy (non-hydrogen) atoms. The Labute approximate surface area is 85.1 Å². The summed E-state index contributed by atoms with van der Waals surface area (Å²) in [6, 6.07) is 0.0309. The van der Waals surface area contributed by atoms with Crippen LogP contribution in [0.3, 0.4) is 0 Å². The molecule has 1 fully saturated rings. The zero-order valence-corrected chi connectivity index (χ0v) is 8.89. The third kappa shape index (κ3) is 2.98. The molecule has 0 aromatic carbocycles. The Balaban J connectivity index is 2.51. The molecule has 1 saturated heterocycles. The number of nitrogens with two attached hydrogens (primary N) is 1. The first-order valence-electron chi connectivity index (χ1n) is 4.69. The lowest BCUT2D eigenvalue weighted by Gasteiger charge is -2.20. The first-order chi connectivity index (χ1) is 6.59. The van der Waals surface area contributed by atoms with Crippen LogP contribution >= 0.6 is 0 Å². The molecule has 1 aliphatic heterocycles. The molecule has 0 saturated carbocycles. The second-order valence-electron chi connectivity index (χ2n) is 3.68. The summed E-state index contributed by atoms with van der Waals surface area (Å²) in [5, 5.41) is 0. The second kappa shape index (κ2) is 4.78. The summed E-state index contributed by atoms with van der Waals surface area (Å²) >= 11 is 0. The molecule has 2 atom stereocenters. The van der Waals surface area contributed by atoms with Gasteiger partial charge >= 0.3 is 0 Å². The van der Waals surface area contributed by atoms with E-state index in [0.717, 1.165) is 6.42 Å². The van der Waals surface area contributed by atoms with Gasteiger partial charge in [-0.25, -0.2) is 8.42 Å². The van der Waals surface area contributed by atoms with Gasteiger partial charge in [0, 0.05) is 12.5 Å². The minimum atomic E-state index is -2.82. The van der Waals surface area contributed by atoms with Gasteiger partial charge in [-0.1, -0.05) is 0 Å². The van der Waals surface area contributed by atoms with Crippen molar-refractivity contribution < 1.29 is 8.42 Å². The van der Waals surface area contributed by atoms with E-state index >= 15 is 0 Å². The average molecular weight is 216 g/mol. The van der Waals surface area contributed by atoms with Crippen LogP contribution < -0.4 is 11.3 Å². The number of nitrogens with one attached hydrogen (secondary N) is 1. The zero-order valence-electron chi connectivity index (χ0n) is 8.07. The molecule has 5 heteroatoms. The highest BCUT2D eigenvalue weighted by atomic mass is 32.2. The second-order valence-corrected chi connectivity index (χ2v) is 5.91. The van der Waals surface area contributed by atoms with Crippen LogP contribution in [0.2, 0.25) is 0 Å². The number of terminal acetylenes is 1. The van der Waals surface area contributed by atoms with Crippen molar-refractivity contribution in [2.45, 2.75) is 25.3 Å². The summed E-state index contributed by atoms with van der Waals surface area (Å²) in [6.45, 7) is 0. The van der Waals surface area contributed by atoms with Crippen molar-refractivity contribution in [1.82, 2.24) is 5.43 Å². The van der Waals surface area contributed by atoms with Crippen molar-refractivity contribution in [3.63, 3.8) is 0 Å². The normalized spacial score (nSPS) is 27.0. The Morgan fingerprint density at radius 3 is 2.79 bits per heavy atom. The van der Waals surface area contributed by atoms with Crippen molar-refractivity contribution in [2.24, 2.45) is 11.8 Å². The standard InChI is InChI=1S/C9H16N2O2S/c1-2-3-4-9(11-10)8-5-6-14(12,13)7-8/h1,8-9,11H,3-7,10H2. The minimum Gasteiger partial charge on any atom is -0.271 e. The number of sulfone groups is 1. The molecule has 0 amide bonds. The van der Waals surface area contributed by atoms with Crippen molar-refractivity contribution in [3.05, 3.63) is 0 Å². The first kappa shape index (κ1) is 11.5. The van der Waals surface area contributed by atoms with Gasteiger partial charge in [-0.3, -0.25) is 11.3 Å². The van der Waals surface area contributed by atoms with E-state index in [9.17, 15) is 8.42 Å². The Morgan fingerprint density at radius 2 is 2.36 bits per heavy atom. The molecule has 0 spiro atoms. The van der Waals surface area contributed by atoms with Gasteiger partial charge in [-0.05, 0) is 18.8 Å². The van der Waals surface area contributed by atoms with Crippen LogP contribution in [0.5, 0.6) is 0 Å². The fourth-order valence-electron chi connectivity index (χ4n) is 1.84. The van der Waals surface area contributed by atoms with Crippen molar-refractivity contribution >= 4 is 9.84 Å². The van der Waals surface area contributed by atoms with Crippen molar-refractivity contribution in [1.29, 1.82) is 0 Å². The summed E-state index contributed by atoms with van der Waals surface area (Å²) in [5.41, 5.74) is 2.66. The number of hydrazine groups is 1. The SMILES string of the molecule is C#CCCC(NN)C1CCS(=O)(=O)C1. The van der Waals surface area contributed by atoms with E-state index in [4.69, 9.17) is 12.3 Å². The van der Waals surface area contributed by atoms with Crippen LogP contribution in [0.15, 0.2) is 0 Å². The summed E-state index contributed by atoms with van der Waals surface area (Å²) in [7, 11) is -2.82. The maximum absolute atomic E-state index is 11.2. The lowest BCUT2D eigenvalue weighted by Crippen LogP contribution is -2.41. The fourth-order valence-corrected chi connectivity index (χ4v) is 3.71. The third-order valence-corrected chi connectivity index (χ3v) is 4.44. The fraction of sp³-hybridized carbons (Fsp3) is 0.778. The molecule has 0 radical (unpaired) electrons. The monoisotopic (exact) mass is 216 g/mol. The van der Waals surface area contributed by atoms with Crippen LogP contribution in [0.1, 0.15) is 19.3 Å². The van der Waals surface area contributed by atoms with E-state index in [1.54, 1.807) is 0 Å². The number of rotatable bonds is 4. The van der Waals surface area contributed by atoms with Crippen molar-refractivity contribution in [2.75, 3.05) is 11.5 Å². The predicted octanol–water partition coefficient (Wildman–Crippen LogP) is -0.334. The van der Waals surface area contributed by atoms with Crippen LogP contribution in [0.4, 0.5) is 0 Å². The summed E-state index contributed by atoms with van der Waals surface area (Å²) in [5.74, 6) is 8.55. The average Bonchev–Trinajstić information content (AvgIpc) is 2.48. The lowest BCUT2D eigenvalue weighted by molar-refractivity contribution is 0.370. The van der Waals surface area contributed by atoms with Gasteiger partial charge < -0.3 is 0 Å². The Bertz CT molecular complexity index is 318. The molecular weight excluding hydrogens is 200 g/mol. The zero-order chi connectivity index (χ0) is 10.6. The van der Waals surface area contributed by atoms with Crippen LogP contribution in [-0.2, 0) is 9.84 Å². The molecule has 0 aromatic rings. The third-order valence-electron chi connectivity index (χ3n) is 2.65. The molecular formula is C9H16N2O2S. The van der Waals surface area contributed by atoms with Gasteiger partial charge in [0.15, 0.2) is 9.84 Å². The van der Waals surface area contributed by atoms with Crippen LogP contribution in [0.25, 0.3) is 0 Å². The summed E-state index contributed by atoms with van der Waals surface area (Å²) in [4.78, 5) is 0. The maximum atomic E-state index is 11.2. The van der Waals surface area contributed by atoms with Gasteiger partial charge in [0.25, 0.3) is 0 Å². The van der Waals surface area contributed by atoms with Crippen LogP contribution in [-0.4, -0.2) is 26.0 Å².